The molecule has 8 heteroatoms. The van der Waals surface area contributed by atoms with Gasteiger partial charge in [-0.2, -0.15) is 10.1 Å². The first-order valence-corrected chi connectivity index (χ1v) is 10.5. The van der Waals surface area contributed by atoms with Crippen LogP contribution in [-0.2, 0) is 16.0 Å². The highest BCUT2D eigenvalue weighted by atomic mass is 16.5. The number of carbonyl (C=O) groups excluding carboxylic acids is 1. The molecule has 32 heavy (non-hydrogen) atoms. The van der Waals surface area contributed by atoms with Crippen molar-refractivity contribution in [3.05, 3.63) is 77.3 Å². The fraction of sp³-hybridized carbons (Fsp3) is 0.292. The van der Waals surface area contributed by atoms with Crippen LogP contribution in [0.4, 0.5) is 5.95 Å². The van der Waals surface area contributed by atoms with Gasteiger partial charge in [-0.05, 0) is 37.1 Å². The van der Waals surface area contributed by atoms with E-state index in [1.165, 1.54) is 11.9 Å². The molecule has 0 bridgehead atoms. The average Bonchev–Trinajstić information content (AvgIpc) is 3.27. The number of fused-ring (bicyclic) bond motifs is 1. The molecule has 1 aromatic heterocycles. The highest BCUT2D eigenvalue weighted by Gasteiger charge is 2.34. The molecule has 0 aliphatic carbocycles. The molecule has 0 saturated heterocycles. The molecule has 0 saturated carbocycles. The lowest BCUT2D eigenvalue weighted by atomic mass is 9.95. The molecule has 0 spiro atoms. The number of rotatable bonds is 8. The second-order valence-corrected chi connectivity index (χ2v) is 7.31. The topological polar surface area (TPSA) is 87.5 Å². The summed E-state index contributed by atoms with van der Waals surface area (Å²) in [6, 6.07) is 15.3. The SMILES string of the molecule is CCOC(=O)C1=C(C)Nc2ncnn2C1c1ccc(OCCc2ccccc2)c(OC)c1. The molecule has 2 aromatic carbocycles. The van der Waals surface area contributed by atoms with Gasteiger partial charge in [0, 0.05) is 12.1 Å². The van der Waals surface area contributed by atoms with Crippen molar-refractivity contribution in [3.8, 4) is 11.5 Å². The third-order valence-corrected chi connectivity index (χ3v) is 5.28. The van der Waals surface area contributed by atoms with Crippen LogP contribution >= 0.6 is 0 Å². The number of anilines is 1. The van der Waals surface area contributed by atoms with Crippen molar-refractivity contribution >= 4 is 11.9 Å². The number of ether oxygens (including phenoxy) is 3. The summed E-state index contributed by atoms with van der Waals surface area (Å²) in [7, 11) is 1.60. The Hall–Kier alpha value is -3.81. The number of nitrogens with one attached hydrogen (secondary N) is 1. The summed E-state index contributed by atoms with van der Waals surface area (Å²) in [5.74, 6) is 1.38. The molecule has 3 aromatic rings. The van der Waals surface area contributed by atoms with E-state index in [1.807, 2.05) is 43.3 Å². The van der Waals surface area contributed by atoms with Crippen LogP contribution in [0.1, 0.15) is 31.0 Å². The molecule has 1 N–H and O–H groups in total. The Labute approximate surface area is 186 Å². The number of hydrogen-bond acceptors (Lipinski definition) is 7. The lowest BCUT2D eigenvalue weighted by Gasteiger charge is -2.28. The van der Waals surface area contributed by atoms with E-state index < -0.39 is 12.0 Å². The van der Waals surface area contributed by atoms with Crippen molar-refractivity contribution < 1.29 is 19.0 Å². The average molecular weight is 434 g/mol. The molecule has 166 valence electrons. The Morgan fingerprint density at radius 3 is 2.72 bits per heavy atom. The summed E-state index contributed by atoms with van der Waals surface area (Å²) in [4.78, 5) is 17.0. The number of esters is 1. The van der Waals surface area contributed by atoms with Gasteiger partial charge in [-0.25, -0.2) is 9.48 Å². The number of carbonyl (C=O) groups is 1. The minimum Gasteiger partial charge on any atom is -0.493 e. The highest BCUT2D eigenvalue weighted by Crippen LogP contribution is 2.38. The van der Waals surface area contributed by atoms with Crippen molar-refractivity contribution in [1.82, 2.24) is 14.8 Å². The second kappa shape index (κ2) is 9.55. The Kier molecular flexibility index (Phi) is 6.39. The maximum atomic E-state index is 12.8. The lowest BCUT2D eigenvalue weighted by molar-refractivity contribution is -0.139. The molecule has 0 fully saturated rings. The van der Waals surface area contributed by atoms with Crippen molar-refractivity contribution in [3.63, 3.8) is 0 Å². The molecule has 1 atom stereocenters. The Morgan fingerprint density at radius 1 is 1.16 bits per heavy atom. The molecule has 4 rings (SSSR count). The van der Waals surface area contributed by atoms with E-state index in [0.717, 1.165) is 12.0 Å². The van der Waals surface area contributed by atoms with E-state index in [0.29, 0.717) is 35.3 Å². The van der Waals surface area contributed by atoms with Gasteiger partial charge < -0.3 is 19.5 Å². The number of hydrogen-bond donors (Lipinski definition) is 1. The summed E-state index contributed by atoms with van der Waals surface area (Å²) in [6.45, 7) is 4.41. The van der Waals surface area contributed by atoms with Crippen molar-refractivity contribution in [2.45, 2.75) is 26.3 Å². The Morgan fingerprint density at radius 2 is 1.97 bits per heavy atom. The maximum absolute atomic E-state index is 12.8. The standard InChI is InChI=1S/C24H26N4O4/c1-4-31-23(29)21-16(2)27-24-25-15-26-28(24)22(21)18-10-11-19(20(14-18)30-3)32-13-12-17-8-6-5-7-9-17/h5-11,14-15,22H,4,12-13H2,1-3H3,(H,25,26,27). The normalized spacial score (nSPS) is 15.0. The molecule has 1 unspecified atom stereocenters. The van der Waals surface area contributed by atoms with E-state index in [2.05, 4.69) is 27.5 Å². The zero-order valence-corrected chi connectivity index (χ0v) is 18.4. The Bertz CT molecular complexity index is 1120. The van der Waals surface area contributed by atoms with E-state index in [-0.39, 0.29) is 6.61 Å². The van der Waals surface area contributed by atoms with Crippen LogP contribution in [-0.4, -0.2) is 41.1 Å². The first-order chi connectivity index (χ1) is 15.6. The monoisotopic (exact) mass is 434 g/mol. The molecular formula is C24H26N4O4. The van der Waals surface area contributed by atoms with E-state index in [1.54, 1.807) is 18.7 Å². The van der Waals surface area contributed by atoms with Gasteiger partial charge in [0.05, 0.1) is 25.9 Å². The Balaban J connectivity index is 1.62. The lowest BCUT2D eigenvalue weighted by Crippen LogP contribution is -2.29. The van der Waals surface area contributed by atoms with Crippen molar-refractivity contribution in [2.24, 2.45) is 0 Å². The fourth-order valence-electron chi connectivity index (χ4n) is 3.77. The van der Waals surface area contributed by atoms with Gasteiger partial charge in [0.2, 0.25) is 5.95 Å². The van der Waals surface area contributed by atoms with Gasteiger partial charge >= 0.3 is 5.97 Å². The summed E-state index contributed by atoms with van der Waals surface area (Å²) >= 11 is 0. The van der Waals surface area contributed by atoms with Crippen molar-refractivity contribution in [1.29, 1.82) is 0 Å². The van der Waals surface area contributed by atoms with Crippen LogP contribution in [0, 0.1) is 0 Å². The molecule has 0 amide bonds. The highest BCUT2D eigenvalue weighted by molar-refractivity contribution is 5.92. The third-order valence-electron chi connectivity index (χ3n) is 5.28. The zero-order chi connectivity index (χ0) is 22.5. The molecular weight excluding hydrogens is 408 g/mol. The summed E-state index contributed by atoms with van der Waals surface area (Å²) in [5, 5.41) is 7.46. The third kappa shape index (κ3) is 4.30. The summed E-state index contributed by atoms with van der Waals surface area (Å²) in [6.07, 6.45) is 2.24. The number of methoxy groups -OCH3 is 1. The first-order valence-electron chi connectivity index (χ1n) is 10.5. The number of benzene rings is 2. The van der Waals surface area contributed by atoms with Gasteiger partial charge in [0.1, 0.15) is 12.4 Å². The summed E-state index contributed by atoms with van der Waals surface area (Å²) < 4.78 is 18.6. The second-order valence-electron chi connectivity index (χ2n) is 7.31. The zero-order valence-electron chi connectivity index (χ0n) is 18.4. The quantitative estimate of drug-likeness (QED) is 0.540. The number of aromatic nitrogens is 3. The van der Waals surface area contributed by atoms with Crippen LogP contribution in [0.15, 0.2) is 66.1 Å². The first kappa shape index (κ1) is 21.4. The van der Waals surface area contributed by atoms with Crippen LogP contribution in [0.5, 0.6) is 11.5 Å². The van der Waals surface area contributed by atoms with Gasteiger partial charge in [0.25, 0.3) is 0 Å². The molecule has 8 nitrogen and oxygen atoms in total. The summed E-state index contributed by atoms with van der Waals surface area (Å²) in [5.41, 5.74) is 3.17. The predicted octanol–water partition coefficient (Wildman–Crippen LogP) is 3.76. The van der Waals surface area contributed by atoms with Crippen LogP contribution in [0.3, 0.4) is 0 Å². The maximum Gasteiger partial charge on any atom is 0.338 e. The van der Waals surface area contributed by atoms with Gasteiger partial charge in [-0.1, -0.05) is 36.4 Å². The minimum atomic E-state index is -0.500. The van der Waals surface area contributed by atoms with Crippen molar-refractivity contribution in [2.75, 3.05) is 25.6 Å². The van der Waals surface area contributed by atoms with E-state index >= 15 is 0 Å². The smallest absolute Gasteiger partial charge is 0.338 e. The van der Waals surface area contributed by atoms with E-state index in [4.69, 9.17) is 14.2 Å². The largest absolute Gasteiger partial charge is 0.493 e. The molecule has 0 radical (unpaired) electrons. The molecule has 1 aliphatic rings. The van der Waals surface area contributed by atoms with Crippen LogP contribution in [0.25, 0.3) is 0 Å². The van der Waals surface area contributed by atoms with Crippen LogP contribution < -0.4 is 14.8 Å². The number of allylic oxidation sites excluding steroid dienone is 1. The molecule has 1 aliphatic heterocycles. The predicted molar refractivity (Wildman–Crippen MR) is 120 cm³/mol. The van der Waals surface area contributed by atoms with E-state index in [9.17, 15) is 4.79 Å². The van der Waals surface area contributed by atoms with Crippen LogP contribution in [0.2, 0.25) is 0 Å². The number of nitrogens with zero attached hydrogens (tertiary/aromatic N) is 3. The fourth-order valence-corrected chi connectivity index (χ4v) is 3.77. The minimum absolute atomic E-state index is 0.282. The van der Waals surface area contributed by atoms with Gasteiger partial charge in [-0.15, -0.1) is 0 Å². The van der Waals surface area contributed by atoms with Gasteiger partial charge in [0.15, 0.2) is 11.5 Å². The van der Waals surface area contributed by atoms with Gasteiger partial charge in [-0.3, -0.25) is 0 Å². The molecule has 2 heterocycles.